The first-order valence-corrected chi connectivity index (χ1v) is 22.2. The van der Waals surface area contributed by atoms with Crippen LogP contribution in [0.2, 0.25) is 0 Å². The molecule has 0 spiro atoms. The number of carbonyl (C=O) groups is 4. The van der Waals surface area contributed by atoms with Gasteiger partial charge in [-0.2, -0.15) is 0 Å². The number of non-ortho nitro benzene ring substituents is 2. The van der Waals surface area contributed by atoms with Crippen LogP contribution in [0.4, 0.5) is 11.4 Å². The van der Waals surface area contributed by atoms with E-state index >= 15 is 0 Å². The molecule has 0 N–H and O–H groups in total. The highest BCUT2D eigenvalue weighted by Crippen LogP contribution is 2.50. The molecule has 18 heteroatoms. The largest absolute Gasteiger partial charge is 0.482 e. The lowest BCUT2D eigenvalue weighted by atomic mass is 9.59. The maximum absolute atomic E-state index is 14.1. The lowest BCUT2D eigenvalue weighted by Gasteiger charge is -2.47. The van der Waals surface area contributed by atoms with Crippen LogP contribution in [0.25, 0.3) is 22.3 Å². The number of pyridine rings is 2. The zero-order chi connectivity index (χ0) is 47.9. The molecule has 0 bridgehead atoms. The average molecular weight is 917 g/mol. The fourth-order valence-electron chi connectivity index (χ4n) is 9.78. The molecule has 0 amide bonds. The molecule has 2 aliphatic heterocycles. The Labute approximate surface area is 383 Å². The van der Waals surface area contributed by atoms with Crippen LogP contribution >= 0.6 is 0 Å². The third kappa shape index (κ3) is 8.58. The van der Waals surface area contributed by atoms with Gasteiger partial charge in [-0.25, -0.2) is 24.2 Å². The van der Waals surface area contributed by atoms with E-state index in [4.69, 9.17) is 28.7 Å². The topological polar surface area (TPSA) is 236 Å². The van der Waals surface area contributed by atoms with E-state index in [0.717, 1.165) is 50.3 Å². The van der Waals surface area contributed by atoms with Gasteiger partial charge in [0.25, 0.3) is 16.9 Å². The van der Waals surface area contributed by atoms with Crippen LogP contribution in [-0.2, 0) is 42.6 Å². The predicted octanol–water partition coefficient (Wildman–Crippen LogP) is 8.53. The van der Waals surface area contributed by atoms with Crippen LogP contribution in [0.3, 0.4) is 0 Å². The number of rotatable bonds is 14. The van der Waals surface area contributed by atoms with E-state index in [1.807, 2.05) is 0 Å². The van der Waals surface area contributed by atoms with Crippen LogP contribution in [0.15, 0.2) is 77.6 Å². The summed E-state index contributed by atoms with van der Waals surface area (Å²) in [6.07, 6.45) is 4.50. The molecule has 0 radical (unpaired) electrons. The molecule has 4 heterocycles. The van der Waals surface area contributed by atoms with Crippen molar-refractivity contribution in [3.63, 3.8) is 0 Å². The third-order valence-corrected chi connectivity index (χ3v) is 13.9. The summed E-state index contributed by atoms with van der Waals surface area (Å²) in [4.78, 5) is 93.1. The molecule has 5 atom stereocenters. The van der Waals surface area contributed by atoms with Crippen LogP contribution < -0.4 is 15.0 Å². The predicted molar refractivity (Wildman–Crippen MR) is 239 cm³/mol. The summed E-state index contributed by atoms with van der Waals surface area (Å²) in [6.45, 7) is 9.81. The van der Waals surface area contributed by atoms with Gasteiger partial charge in [-0.05, 0) is 97.5 Å². The van der Waals surface area contributed by atoms with Crippen molar-refractivity contribution in [2.45, 2.75) is 98.0 Å². The maximum atomic E-state index is 14.1. The number of cyclic esters (lactones) is 1. The number of benzene rings is 3. The summed E-state index contributed by atoms with van der Waals surface area (Å²) < 4.78 is 29.9. The summed E-state index contributed by atoms with van der Waals surface area (Å²) in [7, 11) is 0. The Kier molecular flexibility index (Phi) is 12.4. The zero-order valence-corrected chi connectivity index (χ0v) is 37.5. The number of nitro benzene ring substituents is 2. The quantitative estimate of drug-likeness (QED) is 0.0327. The van der Waals surface area contributed by atoms with Crippen molar-refractivity contribution in [3.8, 4) is 22.9 Å². The molecule has 0 saturated heterocycles. The summed E-state index contributed by atoms with van der Waals surface area (Å²) in [5, 5.41) is 23.2. The number of nitro groups is 2. The van der Waals surface area contributed by atoms with Crippen LogP contribution in [-0.4, -0.2) is 56.0 Å². The number of aromatic nitrogens is 2. The van der Waals surface area contributed by atoms with Gasteiger partial charge in [0.2, 0.25) is 5.60 Å². The second-order valence-electron chi connectivity index (χ2n) is 17.6. The minimum Gasteiger partial charge on any atom is -0.482 e. The Morgan fingerprint density at radius 1 is 0.910 bits per heavy atom. The molecule has 3 aliphatic rings. The summed E-state index contributed by atoms with van der Waals surface area (Å²) in [6, 6.07) is 16.5. The molecule has 1 aliphatic carbocycles. The number of ether oxygens (including phenoxy) is 5. The van der Waals surface area contributed by atoms with Gasteiger partial charge in [0, 0.05) is 28.6 Å². The van der Waals surface area contributed by atoms with Crippen LogP contribution in [0.5, 0.6) is 11.5 Å². The van der Waals surface area contributed by atoms with E-state index in [-0.39, 0.29) is 53.7 Å². The van der Waals surface area contributed by atoms with Crippen molar-refractivity contribution in [2.75, 3.05) is 6.61 Å². The number of esters is 4. The van der Waals surface area contributed by atoms with E-state index < -0.39 is 68.4 Å². The lowest BCUT2D eigenvalue weighted by Crippen LogP contribution is -2.48. The van der Waals surface area contributed by atoms with E-state index in [1.54, 1.807) is 49.4 Å². The van der Waals surface area contributed by atoms with Crippen molar-refractivity contribution < 1.29 is 52.7 Å². The Morgan fingerprint density at radius 3 is 2.27 bits per heavy atom. The van der Waals surface area contributed by atoms with Gasteiger partial charge in [0.15, 0.2) is 6.61 Å². The van der Waals surface area contributed by atoms with Crippen molar-refractivity contribution >= 4 is 46.2 Å². The molecule has 5 aromatic rings. The van der Waals surface area contributed by atoms with Gasteiger partial charge < -0.3 is 28.3 Å². The second kappa shape index (κ2) is 18.1. The molecule has 348 valence electrons. The second-order valence-corrected chi connectivity index (χ2v) is 17.6. The Balaban J connectivity index is 0.959. The highest BCUT2D eigenvalue weighted by Gasteiger charge is 2.50. The van der Waals surface area contributed by atoms with Crippen LogP contribution in [0.1, 0.15) is 111 Å². The fraction of sp³-hybridized carbons (Fsp3) is 0.388. The number of hydrogen-bond donors (Lipinski definition) is 0. The van der Waals surface area contributed by atoms with E-state index in [0.29, 0.717) is 45.3 Å². The molecule has 67 heavy (non-hydrogen) atoms. The standard InChI is InChI=1S/C49H48N4O14/c1-6-27(4)48(5)16-15-37(21-32(48)7-2)66-45(56)28-9-11-35(12-10-28)63-26-42(54)67-49(8-3)39-23-41-43-31(24-51(41)44(55)38(39)25-64-47(49)58)17-29-20-36(13-14-40(29)50-43)65-46(57)30-18-33(52(59)60)22-34(19-30)53(61)62/h9-14,17-20,22-23,27,32,37H,6-8,15-16,21,24-26H2,1-5H3/t27?,32?,37-,48-,49+/m1/s1. The molecule has 1 fully saturated rings. The zero-order valence-electron chi connectivity index (χ0n) is 37.5. The normalized spacial score (nSPS) is 20.9. The molecule has 3 aromatic carbocycles. The molecule has 2 unspecified atom stereocenters. The van der Waals surface area contributed by atoms with Crippen molar-refractivity contribution in [3.05, 3.63) is 131 Å². The lowest BCUT2D eigenvalue weighted by molar-refractivity contribution is -0.394. The number of hydrogen-bond acceptors (Lipinski definition) is 15. The van der Waals surface area contributed by atoms with Gasteiger partial charge in [-0.15, -0.1) is 0 Å². The minimum atomic E-state index is -1.99. The van der Waals surface area contributed by atoms with Crippen LogP contribution in [0, 0.1) is 37.5 Å². The van der Waals surface area contributed by atoms with Gasteiger partial charge >= 0.3 is 23.9 Å². The average Bonchev–Trinajstić information content (AvgIpc) is 3.68. The first-order valence-electron chi connectivity index (χ1n) is 22.2. The number of fused-ring (bicyclic) bond motifs is 5. The first kappa shape index (κ1) is 46.0. The highest BCUT2D eigenvalue weighted by molar-refractivity contribution is 5.94. The van der Waals surface area contributed by atoms with E-state index in [9.17, 15) is 44.2 Å². The monoisotopic (exact) mass is 916 g/mol. The highest BCUT2D eigenvalue weighted by atomic mass is 16.6. The summed E-state index contributed by atoms with van der Waals surface area (Å²) >= 11 is 0. The van der Waals surface area contributed by atoms with E-state index in [1.165, 1.54) is 16.7 Å². The fourth-order valence-corrected chi connectivity index (χ4v) is 9.78. The molecule has 18 nitrogen and oxygen atoms in total. The molecule has 1 saturated carbocycles. The molecule has 8 rings (SSSR count). The van der Waals surface area contributed by atoms with Gasteiger partial charge in [-0.1, -0.05) is 47.5 Å². The minimum absolute atomic E-state index is 0.0205. The third-order valence-electron chi connectivity index (χ3n) is 13.9. The summed E-state index contributed by atoms with van der Waals surface area (Å²) in [5.74, 6) is -1.95. The number of nitrogens with zero attached hydrogens (tertiary/aromatic N) is 4. The Hall–Kier alpha value is -7.50. The van der Waals surface area contributed by atoms with Gasteiger partial charge in [-0.3, -0.25) is 25.0 Å². The Bertz CT molecular complexity index is 2900. The van der Waals surface area contributed by atoms with Crippen molar-refractivity contribution in [1.29, 1.82) is 0 Å². The summed E-state index contributed by atoms with van der Waals surface area (Å²) in [5.41, 5.74) is -1.54. The van der Waals surface area contributed by atoms with Crippen molar-refractivity contribution in [2.24, 2.45) is 17.3 Å². The SMILES string of the molecule is CCC(C)[C@@]1(C)CC[C@@H](OC(=O)c2ccc(OCC(=O)O[C@]3(CC)C(=O)OCc4c3cc3n(c4=O)Cc4cc5cc(OC(=O)c6cc([N+](=O)[O-])cc([N+](=O)[O-])c6)ccc5nc4-3)cc2)CC1CC. The molecular weight excluding hydrogens is 869 g/mol. The molecular formula is C49H48N4O14. The van der Waals surface area contributed by atoms with E-state index in [2.05, 4.69) is 27.7 Å². The first-order chi connectivity index (χ1) is 32.0. The Morgan fingerprint density at radius 2 is 1.61 bits per heavy atom. The van der Waals surface area contributed by atoms with Crippen molar-refractivity contribution in [1.82, 2.24) is 9.55 Å². The smallest absolute Gasteiger partial charge is 0.355 e. The molecule has 2 aromatic heterocycles. The number of carbonyl (C=O) groups excluding carboxylic acids is 4. The van der Waals surface area contributed by atoms with Gasteiger partial charge in [0.1, 0.15) is 24.2 Å². The maximum Gasteiger partial charge on any atom is 0.355 e. The van der Waals surface area contributed by atoms with Gasteiger partial charge in [0.05, 0.1) is 56.1 Å².